The molecule has 2 aromatic rings. The van der Waals surface area contributed by atoms with E-state index in [1.54, 1.807) is 0 Å². The summed E-state index contributed by atoms with van der Waals surface area (Å²) >= 11 is 0. The van der Waals surface area contributed by atoms with Gasteiger partial charge >= 0.3 is 0 Å². The van der Waals surface area contributed by atoms with Crippen LogP contribution in [0.4, 0.5) is 0 Å². The standard InChI is InChI=1S/C24H32N2O2/c1-25-15-16-26(24(27)14-8-13-21-9-4-2-5-10-21)18-23(17-25)20-28-19-22-11-6-3-7-12-22/h2-7,9-12,23H,8,13-20H2,1H3/t23-/m1/s1. The normalized spacial score (nSPS) is 18.0. The maximum Gasteiger partial charge on any atom is 0.222 e. The molecule has 3 rings (SSSR count). The average molecular weight is 381 g/mol. The Kier molecular flexibility index (Phi) is 8.07. The highest BCUT2D eigenvalue weighted by Gasteiger charge is 2.24. The van der Waals surface area contributed by atoms with Crippen molar-refractivity contribution in [1.82, 2.24) is 9.80 Å². The molecule has 150 valence electrons. The fourth-order valence-corrected chi connectivity index (χ4v) is 3.78. The van der Waals surface area contributed by atoms with E-state index in [9.17, 15) is 4.79 Å². The van der Waals surface area contributed by atoms with Gasteiger partial charge in [-0.2, -0.15) is 0 Å². The van der Waals surface area contributed by atoms with Crippen LogP contribution in [0.5, 0.6) is 0 Å². The van der Waals surface area contributed by atoms with Gasteiger partial charge in [-0.05, 0) is 31.0 Å². The predicted molar refractivity (Wildman–Crippen MR) is 113 cm³/mol. The van der Waals surface area contributed by atoms with Gasteiger partial charge in [0, 0.05) is 38.5 Å². The topological polar surface area (TPSA) is 32.8 Å². The summed E-state index contributed by atoms with van der Waals surface area (Å²) in [6, 6.07) is 20.7. The van der Waals surface area contributed by atoms with E-state index in [1.807, 2.05) is 29.2 Å². The Morgan fingerprint density at radius 3 is 2.36 bits per heavy atom. The number of ether oxygens (including phenoxy) is 1. The monoisotopic (exact) mass is 380 g/mol. The van der Waals surface area contributed by atoms with Crippen LogP contribution < -0.4 is 0 Å². The molecule has 0 aliphatic carbocycles. The smallest absolute Gasteiger partial charge is 0.222 e. The molecule has 1 aliphatic heterocycles. The molecule has 4 nitrogen and oxygen atoms in total. The van der Waals surface area contributed by atoms with E-state index >= 15 is 0 Å². The maximum absolute atomic E-state index is 12.8. The Bertz CT molecular complexity index is 705. The number of rotatable bonds is 8. The van der Waals surface area contributed by atoms with Gasteiger partial charge in [-0.1, -0.05) is 60.7 Å². The Morgan fingerprint density at radius 1 is 0.964 bits per heavy atom. The maximum atomic E-state index is 12.8. The molecule has 0 aromatic heterocycles. The van der Waals surface area contributed by atoms with Gasteiger partial charge in [-0.3, -0.25) is 4.79 Å². The third-order valence-corrected chi connectivity index (χ3v) is 5.32. The summed E-state index contributed by atoms with van der Waals surface area (Å²) < 4.78 is 5.97. The van der Waals surface area contributed by atoms with E-state index in [0.29, 0.717) is 25.6 Å². The number of likely N-dealkylation sites (N-methyl/N-ethyl adjacent to an activating group) is 1. The summed E-state index contributed by atoms with van der Waals surface area (Å²) in [5.41, 5.74) is 2.50. The van der Waals surface area contributed by atoms with Gasteiger partial charge in [0.2, 0.25) is 5.91 Å². The third-order valence-electron chi connectivity index (χ3n) is 5.32. The molecule has 1 saturated heterocycles. The van der Waals surface area contributed by atoms with Crippen molar-refractivity contribution in [3.63, 3.8) is 0 Å². The number of aryl methyl sites for hydroxylation is 1. The van der Waals surface area contributed by atoms with Crippen molar-refractivity contribution >= 4 is 5.91 Å². The summed E-state index contributed by atoms with van der Waals surface area (Å²) in [6.45, 7) is 4.83. The highest BCUT2D eigenvalue weighted by Crippen LogP contribution is 2.13. The second kappa shape index (κ2) is 11.0. The lowest BCUT2D eigenvalue weighted by Gasteiger charge is -2.24. The molecule has 1 heterocycles. The van der Waals surface area contributed by atoms with Gasteiger partial charge in [-0.15, -0.1) is 0 Å². The van der Waals surface area contributed by atoms with E-state index in [0.717, 1.165) is 39.0 Å². The first-order chi connectivity index (χ1) is 13.7. The summed E-state index contributed by atoms with van der Waals surface area (Å²) in [5, 5.41) is 0. The van der Waals surface area contributed by atoms with Crippen molar-refractivity contribution < 1.29 is 9.53 Å². The quantitative estimate of drug-likeness (QED) is 0.701. The minimum atomic E-state index is 0.277. The summed E-state index contributed by atoms with van der Waals surface area (Å²) in [7, 11) is 2.13. The van der Waals surface area contributed by atoms with Crippen molar-refractivity contribution in [3.8, 4) is 0 Å². The van der Waals surface area contributed by atoms with Gasteiger partial charge in [-0.25, -0.2) is 0 Å². The molecule has 4 heteroatoms. The fourth-order valence-electron chi connectivity index (χ4n) is 3.78. The number of carbonyl (C=O) groups is 1. The van der Waals surface area contributed by atoms with Crippen molar-refractivity contribution in [1.29, 1.82) is 0 Å². The minimum absolute atomic E-state index is 0.277. The lowest BCUT2D eigenvalue weighted by atomic mass is 10.1. The predicted octanol–water partition coefficient (Wildman–Crippen LogP) is 3.62. The Morgan fingerprint density at radius 2 is 1.64 bits per heavy atom. The van der Waals surface area contributed by atoms with Crippen molar-refractivity contribution in [2.45, 2.75) is 25.9 Å². The van der Waals surface area contributed by atoms with E-state index in [1.165, 1.54) is 11.1 Å². The number of amides is 1. The lowest BCUT2D eigenvalue weighted by Crippen LogP contribution is -2.37. The fraction of sp³-hybridized carbons (Fsp3) is 0.458. The minimum Gasteiger partial charge on any atom is -0.376 e. The van der Waals surface area contributed by atoms with Crippen LogP contribution in [0.1, 0.15) is 24.0 Å². The highest BCUT2D eigenvalue weighted by molar-refractivity contribution is 5.76. The van der Waals surface area contributed by atoms with E-state index in [4.69, 9.17) is 4.74 Å². The van der Waals surface area contributed by atoms with Crippen molar-refractivity contribution in [3.05, 3.63) is 71.8 Å². The Labute approximate surface area is 169 Å². The molecular weight excluding hydrogens is 348 g/mol. The largest absolute Gasteiger partial charge is 0.376 e. The van der Waals surface area contributed by atoms with Gasteiger partial charge in [0.05, 0.1) is 13.2 Å². The molecule has 0 spiro atoms. The first-order valence-corrected chi connectivity index (χ1v) is 10.3. The molecule has 1 atom stereocenters. The lowest BCUT2D eigenvalue weighted by molar-refractivity contribution is -0.131. The Balaban J connectivity index is 1.44. The summed E-state index contributed by atoms with van der Waals surface area (Å²) in [6.07, 6.45) is 2.49. The van der Waals surface area contributed by atoms with Crippen LogP contribution in [0.2, 0.25) is 0 Å². The molecule has 1 aliphatic rings. The zero-order chi connectivity index (χ0) is 19.6. The molecule has 1 amide bonds. The number of nitrogens with zero attached hydrogens (tertiary/aromatic N) is 2. The van der Waals surface area contributed by atoms with Crippen molar-refractivity contribution in [2.24, 2.45) is 5.92 Å². The number of benzene rings is 2. The van der Waals surface area contributed by atoms with Crippen LogP contribution in [0.3, 0.4) is 0 Å². The number of hydrogen-bond donors (Lipinski definition) is 0. The van der Waals surface area contributed by atoms with Crippen molar-refractivity contribution in [2.75, 3.05) is 39.8 Å². The summed E-state index contributed by atoms with van der Waals surface area (Å²) in [4.78, 5) is 17.1. The van der Waals surface area contributed by atoms with Crippen LogP contribution >= 0.6 is 0 Å². The zero-order valence-electron chi connectivity index (χ0n) is 16.9. The van der Waals surface area contributed by atoms with Gasteiger partial charge in [0.1, 0.15) is 0 Å². The first-order valence-electron chi connectivity index (χ1n) is 10.3. The van der Waals surface area contributed by atoms with Crippen LogP contribution in [-0.2, 0) is 22.6 Å². The Hall–Kier alpha value is -2.17. The first kappa shape index (κ1) is 20.6. The second-order valence-electron chi connectivity index (χ2n) is 7.81. The van der Waals surface area contributed by atoms with Crippen LogP contribution in [-0.4, -0.2) is 55.5 Å². The van der Waals surface area contributed by atoms with Crippen LogP contribution in [0.15, 0.2) is 60.7 Å². The van der Waals surface area contributed by atoms with E-state index in [2.05, 4.69) is 48.3 Å². The molecule has 0 N–H and O–H groups in total. The number of hydrogen-bond acceptors (Lipinski definition) is 3. The molecule has 1 fully saturated rings. The molecule has 2 aromatic carbocycles. The molecule has 0 bridgehead atoms. The SMILES string of the molecule is CN1CCN(C(=O)CCCc2ccccc2)C[C@H](COCc2ccccc2)C1. The molecular formula is C24H32N2O2. The molecule has 0 radical (unpaired) electrons. The number of carbonyl (C=O) groups excluding carboxylic acids is 1. The van der Waals surface area contributed by atoms with E-state index in [-0.39, 0.29) is 5.91 Å². The van der Waals surface area contributed by atoms with Gasteiger partial charge < -0.3 is 14.5 Å². The zero-order valence-corrected chi connectivity index (χ0v) is 16.9. The van der Waals surface area contributed by atoms with E-state index < -0.39 is 0 Å². The molecule has 0 saturated carbocycles. The van der Waals surface area contributed by atoms with Crippen LogP contribution in [0, 0.1) is 5.92 Å². The molecule has 28 heavy (non-hydrogen) atoms. The average Bonchev–Trinajstić information content (AvgIpc) is 2.91. The molecule has 0 unspecified atom stereocenters. The van der Waals surface area contributed by atoms with Crippen LogP contribution in [0.25, 0.3) is 0 Å². The summed E-state index contributed by atoms with van der Waals surface area (Å²) in [5.74, 6) is 0.633. The van der Waals surface area contributed by atoms with Gasteiger partial charge in [0.25, 0.3) is 0 Å². The third kappa shape index (κ3) is 6.77. The highest BCUT2D eigenvalue weighted by atomic mass is 16.5. The second-order valence-corrected chi connectivity index (χ2v) is 7.81. The van der Waals surface area contributed by atoms with Gasteiger partial charge in [0.15, 0.2) is 0 Å².